The van der Waals surface area contributed by atoms with Crippen molar-refractivity contribution >= 4 is 29.3 Å². The molecule has 1 aromatic carbocycles. The number of carbonyl (C=O) groups is 2. The number of aliphatic carboxylic acids is 1. The van der Waals surface area contributed by atoms with E-state index >= 15 is 0 Å². The van der Waals surface area contributed by atoms with E-state index in [-0.39, 0.29) is 6.54 Å². The number of nitrogens with one attached hydrogen (secondary N) is 2. The van der Waals surface area contributed by atoms with Crippen LogP contribution in [-0.2, 0) is 4.79 Å². The standard InChI is InChI=1S/C11H13ClN2O4/c1-6-7(12)3-2-4-8(6)14-11(18)13-5-9(15)10(16)17/h2-4,9,15H,5H2,1H3,(H,16,17)(H2,13,14,18). The van der Waals surface area contributed by atoms with Crippen LogP contribution in [0.4, 0.5) is 10.5 Å². The molecule has 0 spiro atoms. The van der Waals surface area contributed by atoms with E-state index in [1.54, 1.807) is 25.1 Å². The number of hydrogen-bond acceptors (Lipinski definition) is 3. The molecule has 0 saturated carbocycles. The van der Waals surface area contributed by atoms with Gasteiger partial charge in [0.1, 0.15) is 0 Å². The number of aliphatic hydroxyl groups is 1. The molecule has 0 saturated heterocycles. The first-order chi connectivity index (χ1) is 8.41. The molecule has 0 aliphatic carbocycles. The van der Waals surface area contributed by atoms with Gasteiger partial charge in [-0.1, -0.05) is 17.7 Å². The fraction of sp³-hybridized carbons (Fsp3) is 0.273. The molecule has 4 N–H and O–H groups in total. The van der Waals surface area contributed by atoms with Crippen LogP contribution in [-0.4, -0.2) is 34.9 Å². The molecule has 1 aromatic rings. The zero-order valence-corrected chi connectivity index (χ0v) is 10.4. The number of urea groups is 1. The molecule has 2 amide bonds. The summed E-state index contributed by atoms with van der Waals surface area (Å²) >= 11 is 5.88. The Morgan fingerprint density at radius 3 is 2.72 bits per heavy atom. The fourth-order valence-electron chi connectivity index (χ4n) is 1.19. The van der Waals surface area contributed by atoms with Crippen molar-refractivity contribution in [3.63, 3.8) is 0 Å². The average molecular weight is 273 g/mol. The lowest BCUT2D eigenvalue weighted by Gasteiger charge is -2.11. The summed E-state index contributed by atoms with van der Waals surface area (Å²) in [7, 11) is 0. The van der Waals surface area contributed by atoms with Gasteiger partial charge in [-0.2, -0.15) is 0 Å². The van der Waals surface area contributed by atoms with Crippen molar-refractivity contribution in [1.29, 1.82) is 0 Å². The molecule has 0 bridgehead atoms. The van der Waals surface area contributed by atoms with Crippen LogP contribution in [0.5, 0.6) is 0 Å². The molecule has 1 unspecified atom stereocenters. The maximum atomic E-state index is 11.4. The predicted molar refractivity (Wildman–Crippen MR) is 66.9 cm³/mol. The largest absolute Gasteiger partial charge is 0.479 e. The van der Waals surface area contributed by atoms with Crippen LogP contribution >= 0.6 is 11.6 Å². The van der Waals surface area contributed by atoms with Crippen molar-refractivity contribution in [2.24, 2.45) is 0 Å². The summed E-state index contributed by atoms with van der Waals surface area (Å²) in [4.78, 5) is 21.8. The van der Waals surface area contributed by atoms with E-state index in [1.807, 2.05) is 0 Å². The molecule has 1 rings (SSSR count). The summed E-state index contributed by atoms with van der Waals surface area (Å²) < 4.78 is 0. The van der Waals surface area contributed by atoms with Crippen molar-refractivity contribution in [2.75, 3.05) is 11.9 Å². The first-order valence-corrected chi connectivity index (χ1v) is 5.50. The minimum atomic E-state index is -1.63. The van der Waals surface area contributed by atoms with Gasteiger partial charge >= 0.3 is 12.0 Å². The lowest BCUT2D eigenvalue weighted by Crippen LogP contribution is -2.38. The van der Waals surface area contributed by atoms with E-state index in [1.165, 1.54) is 0 Å². The second-order valence-electron chi connectivity index (χ2n) is 3.60. The molecule has 1 atom stereocenters. The Morgan fingerprint density at radius 2 is 2.11 bits per heavy atom. The summed E-state index contributed by atoms with van der Waals surface area (Å²) in [6.45, 7) is 1.37. The van der Waals surface area contributed by atoms with Crippen LogP contribution in [0.1, 0.15) is 5.56 Å². The van der Waals surface area contributed by atoms with E-state index in [9.17, 15) is 9.59 Å². The molecule has 0 fully saturated rings. The minimum Gasteiger partial charge on any atom is -0.479 e. The quantitative estimate of drug-likeness (QED) is 0.662. The van der Waals surface area contributed by atoms with Crippen LogP contribution in [0, 0.1) is 6.92 Å². The van der Waals surface area contributed by atoms with Crippen molar-refractivity contribution < 1.29 is 19.8 Å². The van der Waals surface area contributed by atoms with E-state index in [0.29, 0.717) is 16.3 Å². The van der Waals surface area contributed by atoms with Gasteiger partial charge in [0.2, 0.25) is 0 Å². The van der Waals surface area contributed by atoms with Crippen molar-refractivity contribution in [3.8, 4) is 0 Å². The Labute approximate surface area is 109 Å². The summed E-state index contributed by atoms with van der Waals surface area (Å²) in [5, 5.41) is 22.7. The van der Waals surface area contributed by atoms with E-state index in [2.05, 4.69) is 10.6 Å². The molecule has 6 nitrogen and oxygen atoms in total. The van der Waals surface area contributed by atoms with Gasteiger partial charge in [-0.05, 0) is 24.6 Å². The van der Waals surface area contributed by atoms with E-state index in [0.717, 1.165) is 0 Å². The lowest BCUT2D eigenvalue weighted by atomic mass is 10.2. The third-order valence-electron chi connectivity index (χ3n) is 2.26. The maximum absolute atomic E-state index is 11.4. The van der Waals surface area contributed by atoms with Gasteiger partial charge in [-0.25, -0.2) is 9.59 Å². The van der Waals surface area contributed by atoms with Crippen LogP contribution in [0.15, 0.2) is 18.2 Å². The summed E-state index contributed by atoms with van der Waals surface area (Å²) in [6.07, 6.45) is -1.63. The number of anilines is 1. The van der Waals surface area contributed by atoms with Gasteiger partial charge in [-0.15, -0.1) is 0 Å². The van der Waals surface area contributed by atoms with Gasteiger partial charge in [0.05, 0.1) is 6.54 Å². The Hall–Kier alpha value is -1.79. The Balaban J connectivity index is 2.55. The van der Waals surface area contributed by atoms with Crippen LogP contribution in [0.3, 0.4) is 0 Å². The molecule has 0 aliphatic heterocycles. The first-order valence-electron chi connectivity index (χ1n) is 5.12. The highest BCUT2D eigenvalue weighted by molar-refractivity contribution is 6.31. The number of halogens is 1. The van der Waals surface area contributed by atoms with E-state index in [4.69, 9.17) is 21.8 Å². The van der Waals surface area contributed by atoms with Gasteiger partial charge in [-0.3, -0.25) is 0 Å². The molecular weight excluding hydrogens is 260 g/mol. The van der Waals surface area contributed by atoms with E-state index < -0.39 is 18.1 Å². The molecular formula is C11H13ClN2O4. The zero-order valence-electron chi connectivity index (χ0n) is 9.61. The monoisotopic (exact) mass is 272 g/mol. The number of carboxylic acids is 1. The van der Waals surface area contributed by atoms with Gasteiger partial charge < -0.3 is 20.8 Å². The fourth-order valence-corrected chi connectivity index (χ4v) is 1.36. The number of aliphatic hydroxyl groups excluding tert-OH is 1. The number of carbonyl (C=O) groups excluding carboxylic acids is 1. The number of rotatable bonds is 4. The second kappa shape index (κ2) is 6.23. The summed E-state index contributed by atoms with van der Waals surface area (Å²) in [5.41, 5.74) is 1.22. The van der Waals surface area contributed by atoms with Crippen molar-refractivity contribution in [1.82, 2.24) is 5.32 Å². The smallest absolute Gasteiger partial charge is 0.334 e. The summed E-state index contributed by atoms with van der Waals surface area (Å²) in [5.74, 6) is -1.39. The maximum Gasteiger partial charge on any atom is 0.334 e. The Morgan fingerprint density at radius 1 is 1.44 bits per heavy atom. The lowest BCUT2D eigenvalue weighted by molar-refractivity contribution is -0.146. The van der Waals surface area contributed by atoms with Crippen LogP contribution in [0.2, 0.25) is 5.02 Å². The number of hydrogen-bond donors (Lipinski definition) is 4. The second-order valence-corrected chi connectivity index (χ2v) is 4.01. The molecule has 0 radical (unpaired) electrons. The highest BCUT2D eigenvalue weighted by Crippen LogP contribution is 2.22. The molecule has 18 heavy (non-hydrogen) atoms. The highest BCUT2D eigenvalue weighted by atomic mass is 35.5. The Kier molecular flexibility index (Phi) is 4.94. The van der Waals surface area contributed by atoms with Crippen molar-refractivity contribution in [3.05, 3.63) is 28.8 Å². The number of benzene rings is 1. The van der Waals surface area contributed by atoms with Gasteiger partial charge in [0.25, 0.3) is 0 Å². The molecule has 98 valence electrons. The highest BCUT2D eigenvalue weighted by Gasteiger charge is 2.14. The molecule has 0 heterocycles. The van der Waals surface area contributed by atoms with Gasteiger partial charge in [0, 0.05) is 10.7 Å². The van der Waals surface area contributed by atoms with Crippen LogP contribution in [0.25, 0.3) is 0 Å². The zero-order chi connectivity index (χ0) is 13.7. The SMILES string of the molecule is Cc1c(Cl)cccc1NC(=O)NCC(O)C(=O)O. The van der Waals surface area contributed by atoms with Crippen LogP contribution < -0.4 is 10.6 Å². The topological polar surface area (TPSA) is 98.7 Å². The number of carboxylic acid groups (broad SMARTS) is 1. The minimum absolute atomic E-state index is 0.374. The van der Waals surface area contributed by atoms with Crippen molar-refractivity contribution in [2.45, 2.75) is 13.0 Å². The van der Waals surface area contributed by atoms with Gasteiger partial charge in [0.15, 0.2) is 6.10 Å². The normalized spacial score (nSPS) is 11.7. The molecule has 0 aromatic heterocycles. The average Bonchev–Trinajstić information content (AvgIpc) is 2.32. The third-order valence-corrected chi connectivity index (χ3v) is 2.67. The Bertz CT molecular complexity index is 464. The predicted octanol–water partition coefficient (Wildman–Crippen LogP) is 1.22. The molecule has 0 aliphatic rings. The number of amides is 2. The summed E-state index contributed by atoms with van der Waals surface area (Å²) in [6, 6.07) is 4.42. The first kappa shape index (κ1) is 14.3. The third kappa shape index (κ3) is 3.90. The molecule has 7 heteroatoms.